The third-order valence-electron chi connectivity index (χ3n) is 2.09. The summed E-state index contributed by atoms with van der Waals surface area (Å²) in [6.45, 7) is 0.458. The molecule has 88 valence electrons. The number of nitrogens with two attached hydrogens (primary N) is 1. The highest BCUT2D eigenvalue weighted by Gasteiger charge is 2.05. The van der Waals surface area contributed by atoms with Gasteiger partial charge in [0.05, 0.1) is 11.6 Å². The lowest BCUT2D eigenvalue weighted by molar-refractivity contribution is 0.411. The maximum atomic E-state index is 6.03. The molecule has 0 fully saturated rings. The fourth-order valence-electron chi connectivity index (χ4n) is 1.28. The van der Waals surface area contributed by atoms with Gasteiger partial charge in [0.2, 0.25) is 6.39 Å². The molecule has 0 aliphatic carbocycles. The van der Waals surface area contributed by atoms with E-state index in [9.17, 15) is 0 Å². The van der Waals surface area contributed by atoms with E-state index < -0.39 is 0 Å². The molecule has 17 heavy (non-hydrogen) atoms. The third kappa shape index (κ3) is 2.92. The average Bonchev–Trinajstić information content (AvgIpc) is 2.78. The topological polar surface area (TPSA) is 77.0 Å². The molecule has 1 aromatic carbocycles. The van der Waals surface area contributed by atoms with Crippen molar-refractivity contribution in [1.82, 2.24) is 10.1 Å². The summed E-state index contributed by atoms with van der Waals surface area (Å²) in [5.74, 6) is 0.569. The predicted octanol–water partition coefficient (Wildman–Crippen LogP) is 1.97. The molecule has 1 heterocycles. The van der Waals surface area contributed by atoms with Crippen molar-refractivity contribution in [3.8, 4) is 0 Å². The number of rotatable bonds is 4. The highest BCUT2D eigenvalue weighted by atomic mass is 35.5. The summed E-state index contributed by atoms with van der Waals surface area (Å²) in [4.78, 5) is 4.16. The van der Waals surface area contributed by atoms with E-state index in [0.29, 0.717) is 23.0 Å². The number of hydrogen-bond acceptors (Lipinski definition) is 5. The van der Waals surface area contributed by atoms with Crippen LogP contribution in [-0.4, -0.2) is 15.1 Å². The van der Waals surface area contributed by atoms with Crippen LogP contribution in [0.4, 0.5) is 5.69 Å². The second-order valence-corrected chi connectivity index (χ2v) is 4.11. The van der Waals surface area contributed by atoms with Crippen LogP contribution in [0.5, 0.6) is 0 Å². The molecular weight excluding hydrogens is 260 g/mol. The molecule has 7 heteroatoms. The smallest absolute Gasteiger partial charge is 0.213 e. The summed E-state index contributed by atoms with van der Waals surface area (Å²) in [6.07, 6.45) is 1.28. The van der Waals surface area contributed by atoms with E-state index >= 15 is 0 Å². The fourth-order valence-corrected chi connectivity index (χ4v) is 1.79. The van der Waals surface area contributed by atoms with Gasteiger partial charge in [0.15, 0.2) is 5.82 Å². The number of nitrogens with one attached hydrogen (secondary N) is 1. The fraction of sp³-hybridized carbons (Fsp3) is 0.100. The van der Waals surface area contributed by atoms with E-state index in [0.717, 1.165) is 5.69 Å². The van der Waals surface area contributed by atoms with Gasteiger partial charge in [-0.2, -0.15) is 4.98 Å². The number of nitrogens with zero attached hydrogens (tertiary/aromatic N) is 2. The molecule has 0 spiro atoms. The quantitative estimate of drug-likeness (QED) is 0.826. The van der Waals surface area contributed by atoms with Crippen LogP contribution in [0.25, 0.3) is 0 Å². The van der Waals surface area contributed by atoms with Crippen LogP contribution in [0.3, 0.4) is 0 Å². The zero-order chi connectivity index (χ0) is 12.3. The Kier molecular flexibility index (Phi) is 3.55. The van der Waals surface area contributed by atoms with Crippen molar-refractivity contribution in [3.05, 3.63) is 41.0 Å². The van der Waals surface area contributed by atoms with Crippen LogP contribution in [0, 0.1) is 0 Å². The minimum atomic E-state index is 0.278. The molecule has 0 unspecified atom stereocenters. The van der Waals surface area contributed by atoms with Crippen molar-refractivity contribution < 1.29 is 4.52 Å². The zero-order valence-electron chi connectivity index (χ0n) is 8.68. The van der Waals surface area contributed by atoms with Crippen LogP contribution in [0.2, 0.25) is 5.02 Å². The molecule has 0 atom stereocenters. The maximum absolute atomic E-state index is 6.03. The first kappa shape index (κ1) is 11.8. The van der Waals surface area contributed by atoms with Crippen LogP contribution in [0.15, 0.2) is 29.1 Å². The normalized spacial score (nSPS) is 10.2. The Bertz CT molecular complexity index is 529. The van der Waals surface area contributed by atoms with Gasteiger partial charge in [0.25, 0.3) is 0 Å². The van der Waals surface area contributed by atoms with E-state index in [1.807, 2.05) is 6.07 Å². The Morgan fingerprint density at radius 1 is 1.53 bits per heavy atom. The summed E-state index contributed by atoms with van der Waals surface area (Å²) < 4.78 is 4.62. The standard InChI is InChI=1S/C10H9ClN4OS/c11-8-3-6(1-2-7(8)10(12)17)13-4-9-14-5-16-15-9/h1-3,5,13H,4H2,(H2,12,17). The van der Waals surface area contributed by atoms with Crippen molar-refractivity contribution in [1.29, 1.82) is 0 Å². The van der Waals surface area contributed by atoms with Crippen LogP contribution < -0.4 is 11.1 Å². The lowest BCUT2D eigenvalue weighted by Crippen LogP contribution is -2.10. The van der Waals surface area contributed by atoms with Crippen molar-refractivity contribution in [3.63, 3.8) is 0 Å². The molecular formula is C10H9ClN4OS. The monoisotopic (exact) mass is 268 g/mol. The van der Waals surface area contributed by atoms with E-state index in [2.05, 4.69) is 20.0 Å². The Morgan fingerprint density at radius 2 is 2.35 bits per heavy atom. The van der Waals surface area contributed by atoms with E-state index in [1.54, 1.807) is 12.1 Å². The summed E-state index contributed by atoms with van der Waals surface area (Å²) in [5.41, 5.74) is 7.00. The van der Waals surface area contributed by atoms with Crippen LogP contribution >= 0.6 is 23.8 Å². The summed E-state index contributed by atoms with van der Waals surface area (Å²) >= 11 is 10.9. The Morgan fingerprint density at radius 3 is 2.94 bits per heavy atom. The van der Waals surface area contributed by atoms with E-state index in [-0.39, 0.29) is 4.99 Å². The number of thiocarbonyl (C=S) groups is 1. The van der Waals surface area contributed by atoms with Gasteiger partial charge >= 0.3 is 0 Å². The Labute approximate surface area is 108 Å². The van der Waals surface area contributed by atoms with E-state index in [1.165, 1.54) is 6.39 Å². The van der Waals surface area contributed by atoms with E-state index in [4.69, 9.17) is 29.6 Å². The Hall–Kier alpha value is -1.66. The second kappa shape index (κ2) is 5.11. The first-order chi connectivity index (χ1) is 8.16. The van der Waals surface area contributed by atoms with Gasteiger partial charge in [-0.25, -0.2) is 0 Å². The molecule has 0 amide bonds. The zero-order valence-corrected chi connectivity index (χ0v) is 10.3. The van der Waals surface area contributed by atoms with Gasteiger partial charge in [-0.05, 0) is 18.2 Å². The number of anilines is 1. The highest BCUT2D eigenvalue weighted by molar-refractivity contribution is 7.80. The van der Waals surface area contributed by atoms with Crippen molar-refractivity contribution in [2.45, 2.75) is 6.54 Å². The van der Waals surface area contributed by atoms with Crippen LogP contribution in [0.1, 0.15) is 11.4 Å². The van der Waals surface area contributed by atoms with Gasteiger partial charge in [-0.1, -0.05) is 29.0 Å². The molecule has 0 aliphatic rings. The Balaban J connectivity index is 2.07. The second-order valence-electron chi connectivity index (χ2n) is 3.26. The highest BCUT2D eigenvalue weighted by Crippen LogP contribution is 2.21. The molecule has 0 bridgehead atoms. The number of benzene rings is 1. The van der Waals surface area contributed by atoms with Crippen LogP contribution in [-0.2, 0) is 6.54 Å². The predicted molar refractivity (Wildman–Crippen MR) is 69.0 cm³/mol. The largest absolute Gasteiger partial charge is 0.389 e. The molecule has 2 aromatic rings. The lowest BCUT2D eigenvalue weighted by atomic mass is 10.2. The number of hydrogen-bond donors (Lipinski definition) is 2. The van der Waals surface area contributed by atoms with Gasteiger partial charge in [-0.3, -0.25) is 0 Å². The summed E-state index contributed by atoms with van der Waals surface area (Å²) in [7, 11) is 0. The van der Waals surface area contributed by atoms with Gasteiger partial charge in [0.1, 0.15) is 4.99 Å². The maximum Gasteiger partial charge on any atom is 0.213 e. The number of halogens is 1. The molecule has 1 aromatic heterocycles. The molecule has 3 N–H and O–H groups in total. The average molecular weight is 269 g/mol. The van der Waals surface area contributed by atoms with Crippen molar-refractivity contribution >= 4 is 34.5 Å². The molecule has 2 rings (SSSR count). The molecule has 0 aliphatic heterocycles. The van der Waals surface area contributed by atoms with Gasteiger partial charge < -0.3 is 15.6 Å². The van der Waals surface area contributed by atoms with Gasteiger partial charge in [0, 0.05) is 11.3 Å². The summed E-state index contributed by atoms with van der Waals surface area (Å²) in [6, 6.07) is 5.35. The summed E-state index contributed by atoms with van der Waals surface area (Å²) in [5, 5.41) is 7.29. The minimum Gasteiger partial charge on any atom is -0.389 e. The minimum absolute atomic E-state index is 0.278. The SMILES string of the molecule is NC(=S)c1ccc(NCc2ncon2)cc1Cl. The number of aromatic nitrogens is 2. The first-order valence-electron chi connectivity index (χ1n) is 4.75. The lowest BCUT2D eigenvalue weighted by Gasteiger charge is -2.07. The van der Waals surface area contributed by atoms with Crippen molar-refractivity contribution in [2.24, 2.45) is 5.73 Å². The molecule has 0 saturated carbocycles. The first-order valence-corrected chi connectivity index (χ1v) is 5.54. The molecule has 0 radical (unpaired) electrons. The molecule has 5 nitrogen and oxygen atoms in total. The van der Waals surface area contributed by atoms with Crippen molar-refractivity contribution in [2.75, 3.05) is 5.32 Å². The van der Waals surface area contributed by atoms with Gasteiger partial charge in [-0.15, -0.1) is 0 Å². The third-order valence-corrected chi connectivity index (χ3v) is 2.62. The molecule has 0 saturated heterocycles.